The van der Waals surface area contributed by atoms with E-state index in [9.17, 15) is 14.4 Å². The van der Waals surface area contributed by atoms with E-state index in [1.165, 1.54) is 4.90 Å². The van der Waals surface area contributed by atoms with Gasteiger partial charge < -0.3 is 15.5 Å². The van der Waals surface area contributed by atoms with E-state index in [1.807, 2.05) is 38.1 Å². The number of carbonyl (C=O) groups is 3. The van der Waals surface area contributed by atoms with Gasteiger partial charge in [-0.25, -0.2) is 4.79 Å². The van der Waals surface area contributed by atoms with E-state index in [-0.39, 0.29) is 17.7 Å². The molecule has 0 radical (unpaired) electrons. The van der Waals surface area contributed by atoms with Gasteiger partial charge in [0.25, 0.3) is 11.8 Å². The van der Waals surface area contributed by atoms with Crippen LogP contribution in [0, 0.1) is 5.92 Å². The van der Waals surface area contributed by atoms with Gasteiger partial charge in [-0.3, -0.25) is 14.5 Å². The number of nitrogens with zero attached hydrogens (tertiary/aromatic N) is 2. The van der Waals surface area contributed by atoms with Crippen molar-refractivity contribution in [2.24, 2.45) is 5.92 Å². The molecule has 2 N–H and O–H groups in total. The first kappa shape index (κ1) is 21.4. The van der Waals surface area contributed by atoms with Crippen molar-refractivity contribution in [2.75, 3.05) is 35.2 Å². The zero-order chi connectivity index (χ0) is 21.8. The highest BCUT2D eigenvalue weighted by atomic mass is 16.2. The molecule has 0 saturated heterocycles. The Bertz CT molecular complexity index is 949. The summed E-state index contributed by atoms with van der Waals surface area (Å²) in [7, 11) is 0. The van der Waals surface area contributed by atoms with Gasteiger partial charge in [0.2, 0.25) is 0 Å². The topological polar surface area (TPSA) is 81.8 Å². The SMILES string of the molecule is CCN(CC)c1ccc(NC(=O)Nc2ccc3c(c2)C(=O)N(CC(C)C)C3=O)cc1. The van der Waals surface area contributed by atoms with Crippen LogP contribution in [0.1, 0.15) is 48.4 Å². The van der Waals surface area contributed by atoms with Crippen LogP contribution in [0.4, 0.5) is 21.9 Å². The van der Waals surface area contributed by atoms with Crippen molar-refractivity contribution >= 4 is 34.9 Å². The molecule has 7 nitrogen and oxygen atoms in total. The molecule has 2 aromatic carbocycles. The fourth-order valence-electron chi connectivity index (χ4n) is 3.54. The van der Waals surface area contributed by atoms with Crippen molar-refractivity contribution in [2.45, 2.75) is 27.7 Å². The standard InChI is InChI=1S/C23H28N4O3/c1-5-26(6-2)18-10-7-16(8-11-18)24-23(30)25-17-9-12-19-20(13-17)22(29)27(21(19)28)14-15(3)4/h7-13,15H,5-6,14H2,1-4H3,(H2,24,25,30). The number of imide groups is 1. The Kier molecular flexibility index (Phi) is 6.40. The number of fused-ring (bicyclic) bond motifs is 1. The van der Waals surface area contributed by atoms with Crippen LogP contribution in [-0.2, 0) is 0 Å². The molecule has 0 atom stereocenters. The highest BCUT2D eigenvalue weighted by Crippen LogP contribution is 2.27. The lowest BCUT2D eigenvalue weighted by Crippen LogP contribution is -2.33. The van der Waals surface area contributed by atoms with Crippen LogP contribution in [-0.4, -0.2) is 42.4 Å². The average molecular weight is 409 g/mol. The van der Waals surface area contributed by atoms with Crippen LogP contribution in [0.5, 0.6) is 0 Å². The van der Waals surface area contributed by atoms with Crippen LogP contribution >= 0.6 is 0 Å². The fraction of sp³-hybridized carbons (Fsp3) is 0.348. The Morgan fingerprint density at radius 3 is 2.07 bits per heavy atom. The lowest BCUT2D eigenvalue weighted by atomic mass is 10.1. The first-order chi connectivity index (χ1) is 14.3. The molecule has 0 saturated carbocycles. The van der Waals surface area contributed by atoms with Gasteiger partial charge in [-0.1, -0.05) is 13.8 Å². The molecule has 0 spiro atoms. The van der Waals surface area contributed by atoms with Crippen LogP contribution in [0.3, 0.4) is 0 Å². The number of nitrogens with one attached hydrogen (secondary N) is 2. The Labute approximate surface area is 177 Å². The first-order valence-electron chi connectivity index (χ1n) is 10.3. The molecular formula is C23H28N4O3. The minimum atomic E-state index is -0.415. The van der Waals surface area contributed by atoms with Crippen molar-refractivity contribution in [1.82, 2.24) is 4.90 Å². The molecule has 158 valence electrons. The minimum Gasteiger partial charge on any atom is -0.372 e. The molecule has 0 aliphatic carbocycles. The second kappa shape index (κ2) is 8.98. The summed E-state index contributed by atoms with van der Waals surface area (Å²) in [5, 5.41) is 5.51. The first-order valence-corrected chi connectivity index (χ1v) is 10.3. The summed E-state index contributed by atoms with van der Waals surface area (Å²) in [4.78, 5) is 40.9. The van der Waals surface area contributed by atoms with Crippen molar-refractivity contribution in [3.05, 3.63) is 53.6 Å². The maximum Gasteiger partial charge on any atom is 0.323 e. The molecule has 7 heteroatoms. The smallest absolute Gasteiger partial charge is 0.323 e. The van der Waals surface area contributed by atoms with E-state index in [2.05, 4.69) is 29.4 Å². The largest absolute Gasteiger partial charge is 0.372 e. The van der Waals surface area contributed by atoms with Crippen LogP contribution in [0.25, 0.3) is 0 Å². The molecule has 1 heterocycles. The third-order valence-electron chi connectivity index (χ3n) is 5.03. The van der Waals surface area contributed by atoms with Gasteiger partial charge in [-0.05, 0) is 62.2 Å². The van der Waals surface area contributed by atoms with Crippen molar-refractivity contribution < 1.29 is 14.4 Å². The van der Waals surface area contributed by atoms with Gasteiger partial charge >= 0.3 is 6.03 Å². The molecule has 0 fully saturated rings. The summed E-state index contributed by atoms with van der Waals surface area (Å²) in [6, 6.07) is 12.0. The molecule has 2 aromatic rings. The maximum atomic E-state index is 12.6. The van der Waals surface area contributed by atoms with Crippen molar-refractivity contribution in [1.29, 1.82) is 0 Å². The zero-order valence-corrected chi connectivity index (χ0v) is 17.9. The number of urea groups is 1. The number of carbonyl (C=O) groups excluding carboxylic acids is 3. The predicted molar refractivity (Wildman–Crippen MR) is 119 cm³/mol. The van der Waals surface area contributed by atoms with Gasteiger partial charge in [-0.2, -0.15) is 0 Å². The van der Waals surface area contributed by atoms with E-state index >= 15 is 0 Å². The molecule has 0 bridgehead atoms. The average Bonchev–Trinajstić information content (AvgIpc) is 2.94. The molecular weight excluding hydrogens is 380 g/mol. The van der Waals surface area contributed by atoms with Gasteiger partial charge in [0.1, 0.15) is 0 Å². The molecule has 3 rings (SSSR count). The Hall–Kier alpha value is -3.35. The molecule has 4 amide bonds. The van der Waals surface area contributed by atoms with Crippen molar-refractivity contribution in [3.63, 3.8) is 0 Å². The Balaban J connectivity index is 1.67. The highest BCUT2D eigenvalue weighted by molar-refractivity contribution is 6.22. The summed E-state index contributed by atoms with van der Waals surface area (Å²) in [5.74, 6) is -0.420. The van der Waals surface area contributed by atoms with E-state index < -0.39 is 6.03 Å². The van der Waals surface area contributed by atoms with Crippen LogP contribution < -0.4 is 15.5 Å². The van der Waals surface area contributed by atoms with E-state index in [0.717, 1.165) is 18.8 Å². The molecule has 0 aromatic heterocycles. The van der Waals surface area contributed by atoms with E-state index in [4.69, 9.17) is 0 Å². The van der Waals surface area contributed by atoms with Crippen LogP contribution in [0.15, 0.2) is 42.5 Å². The Morgan fingerprint density at radius 2 is 1.47 bits per heavy atom. The number of hydrogen-bond donors (Lipinski definition) is 2. The maximum absolute atomic E-state index is 12.6. The number of hydrogen-bond acceptors (Lipinski definition) is 4. The minimum absolute atomic E-state index is 0.184. The summed E-state index contributed by atoms with van der Waals surface area (Å²) in [6.45, 7) is 10.3. The highest BCUT2D eigenvalue weighted by Gasteiger charge is 2.35. The molecule has 1 aliphatic rings. The summed E-state index contributed by atoms with van der Waals surface area (Å²) in [6.07, 6.45) is 0. The lowest BCUT2D eigenvalue weighted by Gasteiger charge is -2.21. The summed E-state index contributed by atoms with van der Waals surface area (Å²) < 4.78 is 0. The number of anilines is 3. The second-order valence-corrected chi connectivity index (χ2v) is 7.67. The van der Waals surface area contributed by atoms with Crippen molar-refractivity contribution in [3.8, 4) is 0 Å². The quantitative estimate of drug-likeness (QED) is 0.664. The third-order valence-corrected chi connectivity index (χ3v) is 5.03. The van der Waals surface area contributed by atoms with Crippen LogP contribution in [0.2, 0.25) is 0 Å². The summed E-state index contributed by atoms with van der Waals surface area (Å²) in [5.41, 5.74) is 2.91. The molecule has 1 aliphatic heterocycles. The van der Waals surface area contributed by atoms with Gasteiger partial charge in [0.15, 0.2) is 0 Å². The number of amides is 4. The molecule has 30 heavy (non-hydrogen) atoms. The van der Waals surface area contributed by atoms with Gasteiger partial charge in [0, 0.05) is 36.7 Å². The van der Waals surface area contributed by atoms with E-state index in [1.54, 1.807) is 18.2 Å². The molecule has 0 unspecified atom stereocenters. The predicted octanol–water partition coefficient (Wildman–Crippen LogP) is 4.43. The number of rotatable bonds is 7. The number of benzene rings is 2. The summed E-state index contributed by atoms with van der Waals surface area (Å²) >= 11 is 0. The van der Waals surface area contributed by atoms with E-state index in [0.29, 0.717) is 29.0 Å². The fourth-order valence-corrected chi connectivity index (χ4v) is 3.54. The third kappa shape index (κ3) is 4.45. The normalized spacial score (nSPS) is 12.9. The zero-order valence-electron chi connectivity index (χ0n) is 17.9. The lowest BCUT2D eigenvalue weighted by molar-refractivity contribution is 0.0636. The Morgan fingerprint density at radius 1 is 0.900 bits per heavy atom. The van der Waals surface area contributed by atoms with Gasteiger partial charge in [-0.15, -0.1) is 0 Å². The monoisotopic (exact) mass is 408 g/mol. The van der Waals surface area contributed by atoms with Gasteiger partial charge in [0.05, 0.1) is 11.1 Å². The second-order valence-electron chi connectivity index (χ2n) is 7.67.